The molecule has 0 saturated heterocycles. The van der Waals surface area contributed by atoms with Crippen LogP contribution in [0.2, 0.25) is 0 Å². The van der Waals surface area contributed by atoms with Crippen molar-refractivity contribution in [3.8, 4) is 16.8 Å². The summed E-state index contributed by atoms with van der Waals surface area (Å²) in [5.74, 6) is 0. The van der Waals surface area contributed by atoms with E-state index in [-0.39, 0.29) is 0 Å². The molecule has 0 amide bonds. The molecule has 0 bridgehead atoms. The summed E-state index contributed by atoms with van der Waals surface area (Å²) in [6.07, 6.45) is 6.65. The standard InChI is InChI=1S/C17H16N2/c1-2-14-6-8-15(9-7-14)16-4-3-5-17(12-16)19-11-10-18-13-19/h3-13H,2H2,1H3. The van der Waals surface area contributed by atoms with Gasteiger partial charge in [0.2, 0.25) is 0 Å². The van der Waals surface area contributed by atoms with Crippen molar-refractivity contribution in [1.82, 2.24) is 9.55 Å². The summed E-state index contributed by atoms with van der Waals surface area (Å²) in [5, 5.41) is 0. The molecular formula is C17H16N2. The molecule has 0 saturated carbocycles. The van der Waals surface area contributed by atoms with Crippen LogP contribution in [0.4, 0.5) is 0 Å². The fraction of sp³-hybridized carbons (Fsp3) is 0.118. The molecule has 0 radical (unpaired) electrons. The van der Waals surface area contributed by atoms with Crippen molar-refractivity contribution in [3.05, 3.63) is 72.8 Å². The van der Waals surface area contributed by atoms with Gasteiger partial charge in [0, 0.05) is 18.1 Å². The highest BCUT2D eigenvalue weighted by Gasteiger charge is 2.00. The summed E-state index contributed by atoms with van der Waals surface area (Å²) < 4.78 is 2.02. The van der Waals surface area contributed by atoms with Gasteiger partial charge in [0.25, 0.3) is 0 Å². The molecule has 3 rings (SSSR count). The number of aryl methyl sites for hydroxylation is 1. The lowest BCUT2D eigenvalue weighted by Gasteiger charge is -2.07. The Kier molecular flexibility index (Phi) is 3.15. The molecule has 0 aliphatic rings. The van der Waals surface area contributed by atoms with Crippen molar-refractivity contribution in [1.29, 1.82) is 0 Å². The fourth-order valence-electron chi connectivity index (χ4n) is 2.19. The Morgan fingerprint density at radius 1 is 1.00 bits per heavy atom. The summed E-state index contributed by atoms with van der Waals surface area (Å²) in [6.45, 7) is 2.18. The van der Waals surface area contributed by atoms with Gasteiger partial charge in [0.15, 0.2) is 0 Å². The van der Waals surface area contributed by atoms with E-state index >= 15 is 0 Å². The van der Waals surface area contributed by atoms with E-state index in [0.717, 1.165) is 12.1 Å². The van der Waals surface area contributed by atoms with E-state index in [0.29, 0.717) is 0 Å². The summed E-state index contributed by atoms with van der Waals surface area (Å²) in [5.41, 5.74) is 4.98. The van der Waals surface area contributed by atoms with Crippen LogP contribution in [0.3, 0.4) is 0 Å². The maximum Gasteiger partial charge on any atom is 0.0991 e. The summed E-state index contributed by atoms with van der Waals surface area (Å²) in [4.78, 5) is 4.09. The van der Waals surface area contributed by atoms with Crippen molar-refractivity contribution >= 4 is 0 Å². The second-order valence-corrected chi connectivity index (χ2v) is 4.57. The minimum absolute atomic E-state index is 1.08. The molecule has 0 atom stereocenters. The molecule has 1 heterocycles. The Balaban J connectivity index is 1.98. The van der Waals surface area contributed by atoms with Gasteiger partial charge in [-0.1, -0.05) is 43.3 Å². The van der Waals surface area contributed by atoms with E-state index in [1.54, 1.807) is 6.20 Å². The average Bonchev–Trinajstić information content (AvgIpc) is 3.02. The number of imidazole rings is 1. The summed E-state index contributed by atoms with van der Waals surface area (Å²) in [7, 11) is 0. The number of hydrogen-bond acceptors (Lipinski definition) is 1. The zero-order valence-electron chi connectivity index (χ0n) is 11.0. The van der Waals surface area contributed by atoms with E-state index in [1.807, 2.05) is 17.1 Å². The maximum atomic E-state index is 4.09. The molecule has 2 heteroatoms. The molecule has 0 aliphatic carbocycles. The third-order valence-corrected chi connectivity index (χ3v) is 3.34. The van der Waals surface area contributed by atoms with Gasteiger partial charge >= 0.3 is 0 Å². The number of aromatic nitrogens is 2. The molecule has 0 N–H and O–H groups in total. The van der Waals surface area contributed by atoms with Gasteiger partial charge in [-0.3, -0.25) is 0 Å². The first kappa shape index (κ1) is 11.7. The fourth-order valence-corrected chi connectivity index (χ4v) is 2.19. The van der Waals surface area contributed by atoms with Crippen molar-refractivity contribution in [3.63, 3.8) is 0 Å². The first-order valence-electron chi connectivity index (χ1n) is 6.54. The Hall–Kier alpha value is -2.35. The number of rotatable bonds is 3. The number of benzene rings is 2. The lowest BCUT2D eigenvalue weighted by molar-refractivity contribution is 1.06. The largest absolute Gasteiger partial charge is 0.306 e. The first-order valence-corrected chi connectivity index (χ1v) is 6.54. The van der Waals surface area contributed by atoms with Crippen LogP contribution < -0.4 is 0 Å². The third-order valence-electron chi connectivity index (χ3n) is 3.34. The molecule has 2 nitrogen and oxygen atoms in total. The Labute approximate surface area is 113 Å². The van der Waals surface area contributed by atoms with E-state index in [9.17, 15) is 0 Å². The second-order valence-electron chi connectivity index (χ2n) is 4.57. The molecule has 0 fully saturated rings. The zero-order chi connectivity index (χ0) is 13.1. The lowest BCUT2D eigenvalue weighted by atomic mass is 10.0. The zero-order valence-corrected chi connectivity index (χ0v) is 11.0. The minimum atomic E-state index is 1.08. The maximum absolute atomic E-state index is 4.09. The van der Waals surface area contributed by atoms with Crippen LogP contribution in [-0.2, 0) is 6.42 Å². The highest BCUT2D eigenvalue weighted by molar-refractivity contribution is 5.66. The van der Waals surface area contributed by atoms with Crippen LogP contribution in [-0.4, -0.2) is 9.55 Å². The molecule has 3 aromatic rings. The Bertz CT molecular complexity index is 652. The highest BCUT2D eigenvalue weighted by Crippen LogP contribution is 2.22. The van der Waals surface area contributed by atoms with Gasteiger partial charge < -0.3 is 4.57 Å². The molecule has 0 unspecified atom stereocenters. The van der Waals surface area contributed by atoms with Crippen LogP contribution in [0.5, 0.6) is 0 Å². The van der Waals surface area contributed by atoms with Crippen molar-refractivity contribution in [2.24, 2.45) is 0 Å². The molecule has 2 aromatic carbocycles. The van der Waals surface area contributed by atoms with Crippen LogP contribution in [0.1, 0.15) is 12.5 Å². The molecule has 94 valence electrons. The summed E-state index contributed by atoms with van der Waals surface area (Å²) in [6, 6.07) is 17.3. The number of hydrogen-bond donors (Lipinski definition) is 0. The van der Waals surface area contributed by atoms with E-state index in [1.165, 1.54) is 16.7 Å². The topological polar surface area (TPSA) is 17.8 Å². The molecule has 0 aliphatic heterocycles. The minimum Gasteiger partial charge on any atom is -0.306 e. The molecular weight excluding hydrogens is 232 g/mol. The predicted molar refractivity (Wildman–Crippen MR) is 78.4 cm³/mol. The third kappa shape index (κ3) is 2.43. The van der Waals surface area contributed by atoms with Gasteiger partial charge in [-0.2, -0.15) is 0 Å². The smallest absolute Gasteiger partial charge is 0.0991 e. The number of nitrogens with zero attached hydrogens (tertiary/aromatic N) is 2. The first-order chi connectivity index (χ1) is 9.36. The van der Waals surface area contributed by atoms with Crippen molar-refractivity contribution < 1.29 is 0 Å². The van der Waals surface area contributed by atoms with E-state index < -0.39 is 0 Å². The normalized spacial score (nSPS) is 10.6. The highest BCUT2D eigenvalue weighted by atomic mass is 15.0. The predicted octanol–water partition coefficient (Wildman–Crippen LogP) is 4.10. The monoisotopic (exact) mass is 248 g/mol. The van der Waals surface area contributed by atoms with Gasteiger partial charge in [0.1, 0.15) is 0 Å². The van der Waals surface area contributed by atoms with E-state index in [4.69, 9.17) is 0 Å². The molecule has 0 spiro atoms. The SMILES string of the molecule is CCc1ccc(-c2cccc(-n3ccnc3)c2)cc1. The summed E-state index contributed by atoms with van der Waals surface area (Å²) >= 11 is 0. The quantitative estimate of drug-likeness (QED) is 0.682. The molecule has 19 heavy (non-hydrogen) atoms. The van der Waals surface area contributed by atoms with Gasteiger partial charge in [-0.15, -0.1) is 0 Å². The van der Waals surface area contributed by atoms with Crippen LogP contribution in [0, 0.1) is 0 Å². The van der Waals surface area contributed by atoms with Crippen molar-refractivity contribution in [2.75, 3.05) is 0 Å². The van der Waals surface area contributed by atoms with E-state index in [2.05, 4.69) is 60.4 Å². The van der Waals surface area contributed by atoms with Gasteiger partial charge in [-0.25, -0.2) is 4.98 Å². The van der Waals surface area contributed by atoms with Crippen LogP contribution in [0.15, 0.2) is 67.3 Å². The lowest BCUT2D eigenvalue weighted by Crippen LogP contribution is -1.90. The van der Waals surface area contributed by atoms with Crippen LogP contribution in [0.25, 0.3) is 16.8 Å². The second kappa shape index (κ2) is 5.11. The van der Waals surface area contributed by atoms with Crippen molar-refractivity contribution in [2.45, 2.75) is 13.3 Å². The molecule has 1 aromatic heterocycles. The Morgan fingerprint density at radius 2 is 1.84 bits per heavy atom. The average molecular weight is 248 g/mol. The van der Waals surface area contributed by atoms with Gasteiger partial charge in [-0.05, 0) is 35.2 Å². The van der Waals surface area contributed by atoms with Gasteiger partial charge in [0.05, 0.1) is 6.33 Å². The van der Waals surface area contributed by atoms with Crippen LogP contribution >= 0.6 is 0 Å². The Morgan fingerprint density at radius 3 is 2.53 bits per heavy atom.